The molecular formula is C10H14F4. The van der Waals surface area contributed by atoms with E-state index in [1.165, 1.54) is 0 Å². The maximum atomic E-state index is 13.3. The summed E-state index contributed by atoms with van der Waals surface area (Å²) in [6.07, 6.45) is 2.69. The van der Waals surface area contributed by atoms with Gasteiger partial charge in [-0.3, -0.25) is 0 Å². The lowest BCUT2D eigenvalue weighted by atomic mass is 9.82. The van der Waals surface area contributed by atoms with Crippen molar-refractivity contribution in [2.45, 2.75) is 44.5 Å². The molecule has 0 radical (unpaired) electrons. The third-order valence-corrected chi connectivity index (χ3v) is 3.79. The molecule has 2 aliphatic rings. The van der Waals surface area contributed by atoms with Gasteiger partial charge in [0.15, 0.2) is 0 Å². The zero-order chi connectivity index (χ0) is 10.6. The summed E-state index contributed by atoms with van der Waals surface area (Å²) in [4.78, 5) is 0. The molecule has 0 N–H and O–H groups in total. The second-order valence-corrected chi connectivity index (χ2v) is 4.79. The van der Waals surface area contributed by atoms with Gasteiger partial charge in [-0.25, -0.2) is 8.78 Å². The zero-order valence-electron chi connectivity index (χ0n) is 8.07. The molecule has 2 bridgehead atoms. The van der Waals surface area contributed by atoms with E-state index in [-0.39, 0.29) is 11.8 Å². The van der Waals surface area contributed by atoms with Crippen LogP contribution in [-0.2, 0) is 0 Å². The molecule has 0 aromatic heterocycles. The first-order valence-corrected chi connectivity index (χ1v) is 5.08. The van der Waals surface area contributed by atoms with Crippen LogP contribution >= 0.6 is 0 Å². The van der Waals surface area contributed by atoms with Crippen molar-refractivity contribution >= 4 is 0 Å². The molecular weight excluding hydrogens is 196 g/mol. The molecule has 3 atom stereocenters. The fourth-order valence-electron chi connectivity index (χ4n) is 3.01. The van der Waals surface area contributed by atoms with Crippen molar-refractivity contribution in [2.24, 2.45) is 17.8 Å². The molecule has 82 valence electrons. The van der Waals surface area contributed by atoms with E-state index in [0.29, 0.717) is 19.8 Å². The minimum Gasteiger partial charge on any atom is -0.200 e. The Morgan fingerprint density at radius 2 is 1.64 bits per heavy atom. The van der Waals surface area contributed by atoms with Gasteiger partial charge >= 0.3 is 11.8 Å². The van der Waals surface area contributed by atoms with Crippen LogP contribution in [0.5, 0.6) is 0 Å². The first-order valence-electron chi connectivity index (χ1n) is 5.08. The summed E-state index contributed by atoms with van der Waals surface area (Å²) in [7, 11) is 0. The van der Waals surface area contributed by atoms with Crippen LogP contribution in [0.2, 0.25) is 0 Å². The average molecular weight is 210 g/mol. The largest absolute Gasteiger partial charge is 0.312 e. The molecule has 2 fully saturated rings. The molecule has 2 saturated carbocycles. The predicted molar refractivity (Wildman–Crippen MR) is 44.5 cm³/mol. The summed E-state index contributed by atoms with van der Waals surface area (Å²) in [5.74, 6) is -8.66. The summed E-state index contributed by atoms with van der Waals surface area (Å²) < 4.78 is 52.1. The van der Waals surface area contributed by atoms with Gasteiger partial charge in [-0.15, -0.1) is 0 Å². The van der Waals surface area contributed by atoms with Crippen LogP contribution in [-0.4, -0.2) is 11.8 Å². The van der Waals surface area contributed by atoms with Gasteiger partial charge in [0, 0.05) is 12.8 Å². The van der Waals surface area contributed by atoms with Crippen LogP contribution in [0.1, 0.15) is 32.6 Å². The number of rotatable bonds is 2. The molecule has 0 aromatic rings. The minimum atomic E-state index is -3.87. The fourth-order valence-corrected chi connectivity index (χ4v) is 3.01. The van der Waals surface area contributed by atoms with E-state index in [1.54, 1.807) is 0 Å². The lowest BCUT2D eigenvalue weighted by Gasteiger charge is -2.33. The quantitative estimate of drug-likeness (QED) is 0.609. The highest BCUT2D eigenvalue weighted by Crippen LogP contribution is 2.56. The Morgan fingerprint density at radius 1 is 1.00 bits per heavy atom. The molecule has 0 saturated heterocycles. The highest BCUT2D eigenvalue weighted by molar-refractivity contribution is 4.99. The maximum absolute atomic E-state index is 13.3. The van der Waals surface area contributed by atoms with E-state index in [1.807, 2.05) is 0 Å². The molecule has 0 amide bonds. The van der Waals surface area contributed by atoms with Crippen molar-refractivity contribution in [3.63, 3.8) is 0 Å². The molecule has 0 aromatic carbocycles. The van der Waals surface area contributed by atoms with Crippen LogP contribution in [0, 0.1) is 17.8 Å². The minimum absolute atomic E-state index is 0.166. The summed E-state index contributed by atoms with van der Waals surface area (Å²) in [5, 5.41) is 0. The summed E-state index contributed by atoms with van der Waals surface area (Å²) in [6.45, 7) is 0.332. The molecule has 2 rings (SSSR count). The van der Waals surface area contributed by atoms with Gasteiger partial charge in [0.2, 0.25) is 0 Å². The van der Waals surface area contributed by atoms with Crippen molar-refractivity contribution in [2.75, 3.05) is 0 Å². The van der Waals surface area contributed by atoms with Gasteiger partial charge in [0.05, 0.1) is 0 Å². The second kappa shape index (κ2) is 2.86. The molecule has 3 unspecified atom stereocenters. The first kappa shape index (κ1) is 10.2. The Hall–Kier alpha value is -0.280. The van der Waals surface area contributed by atoms with E-state index >= 15 is 0 Å². The fraction of sp³-hybridized carbons (Fsp3) is 1.00. The molecule has 4 heteroatoms. The normalized spacial score (nSPS) is 37.9. The van der Waals surface area contributed by atoms with Crippen molar-refractivity contribution in [3.8, 4) is 0 Å². The van der Waals surface area contributed by atoms with E-state index in [2.05, 4.69) is 0 Å². The average Bonchev–Trinajstić information content (AvgIpc) is 2.61. The van der Waals surface area contributed by atoms with E-state index in [0.717, 1.165) is 12.8 Å². The number of fused-ring (bicyclic) bond motifs is 2. The van der Waals surface area contributed by atoms with E-state index < -0.39 is 17.8 Å². The van der Waals surface area contributed by atoms with Crippen LogP contribution in [0.4, 0.5) is 17.6 Å². The van der Waals surface area contributed by atoms with Crippen LogP contribution in [0.25, 0.3) is 0 Å². The third kappa shape index (κ3) is 1.34. The lowest BCUT2D eigenvalue weighted by Crippen LogP contribution is -2.46. The smallest absolute Gasteiger partial charge is 0.200 e. The number of alkyl halides is 4. The molecule has 2 aliphatic carbocycles. The van der Waals surface area contributed by atoms with Crippen LogP contribution in [0.3, 0.4) is 0 Å². The van der Waals surface area contributed by atoms with E-state index in [9.17, 15) is 17.6 Å². The number of hydrogen-bond acceptors (Lipinski definition) is 0. The Labute approximate surface area is 80.7 Å². The highest BCUT2D eigenvalue weighted by atomic mass is 19.3. The molecule has 0 spiro atoms. The van der Waals surface area contributed by atoms with Gasteiger partial charge in [0.25, 0.3) is 0 Å². The van der Waals surface area contributed by atoms with Crippen molar-refractivity contribution in [1.29, 1.82) is 0 Å². The first-order chi connectivity index (χ1) is 6.32. The van der Waals surface area contributed by atoms with Crippen LogP contribution < -0.4 is 0 Å². The van der Waals surface area contributed by atoms with Crippen LogP contribution in [0.15, 0.2) is 0 Å². The monoisotopic (exact) mass is 210 g/mol. The Bertz CT molecular complexity index is 231. The van der Waals surface area contributed by atoms with Gasteiger partial charge in [-0.1, -0.05) is 6.42 Å². The van der Waals surface area contributed by atoms with Crippen molar-refractivity contribution in [3.05, 3.63) is 0 Å². The summed E-state index contributed by atoms with van der Waals surface area (Å²) >= 11 is 0. The number of halogens is 4. The summed E-state index contributed by atoms with van der Waals surface area (Å²) in [5.41, 5.74) is 0. The predicted octanol–water partition coefficient (Wildman–Crippen LogP) is 3.71. The SMILES string of the molecule is CC(F)(F)C(F)(F)C1CC2CCC1C2. The lowest BCUT2D eigenvalue weighted by molar-refractivity contribution is -0.234. The standard InChI is InChI=1S/C10H14F4/c1-9(11,12)10(13,14)8-5-6-2-3-7(8)4-6/h6-8H,2-5H2,1H3. The molecule has 0 nitrogen and oxygen atoms in total. The zero-order valence-corrected chi connectivity index (χ0v) is 8.07. The Balaban J connectivity index is 2.16. The van der Waals surface area contributed by atoms with Gasteiger partial charge < -0.3 is 0 Å². The highest BCUT2D eigenvalue weighted by Gasteiger charge is 2.62. The molecule has 0 heterocycles. The Morgan fingerprint density at radius 3 is 2.00 bits per heavy atom. The Kier molecular flexibility index (Phi) is 2.09. The van der Waals surface area contributed by atoms with Gasteiger partial charge in [-0.2, -0.15) is 8.78 Å². The van der Waals surface area contributed by atoms with Crippen molar-refractivity contribution in [1.82, 2.24) is 0 Å². The van der Waals surface area contributed by atoms with Gasteiger partial charge in [0.1, 0.15) is 0 Å². The second-order valence-electron chi connectivity index (χ2n) is 4.79. The molecule has 0 aliphatic heterocycles. The topological polar surface area (TPSA) is 0 Å². The van der Waals surface area contributed by atoms with Crippen molar-refractivity contribution < 1.29 is 17.6 Å². The molecule has 14 heavy (non-hydrogen) atoms. The van der Waals surface area contributed by atoms with Gasteiger partial charge in [-0.05, 0) is 31.1 Å². The van der Waals surface area contributed by atoms with E-state index in [4.69, 9.17) is 0 Å². The number of hydrogen-bond donors (Lipinski definition) is 0. The maximum Gasteiger partial charge on any atom is 0.312 e. The summed E-state index contributed by atoms with van der Waals surface area (Å²) in [6, 6.07) is 0. The third-order valence-electron chi connectivity index (χ3n) is 3.79.